The van der Waals surface area contributed by atoms with Gasteiger partial charge in [0.1, 0.15) is 6.54 Å². The van der Waals surface area contributed by atoms with Crippen LogP contribution in [0.25, 0.3) is 0 Å². The van der Waals surface area contributed by atoms with E-state index in [0.29, 0.717) is 6.61 Å². The predicted octanol–water partition coefficient (Wildman–Crippen LogP) is 3.25. The summed E-state index contributed by atoms with van der Waals surface area (Å²) < 4.78 is 2.45. The zero-order chi connectivity index (χ0) is 13.2. The highest BCUT2D eigenvalue weighted by Crippen LogP contribution is 2.39. The van der Waals surface area contributed by atoms with Gasteiger partial charge in [-0.2, -0.15) is 4.58 Å². The first-order valence-electron chi connectivity index (χ1n) is 6.91. The summed E-state index contributed by atoms with van der Waals surface area (Å²) in [5.41, 5.74) is 4.38. The van der Waals surface area contributed by atoms with Gasteiger partial charge in [0.05, 0.1) is 5.41 Å². The minimum atomic E-state index is 0.146. The summed E-state index contributed by atoms with van der Waals surface area (Å²) in [6.07, 6.45) is 3.16. The van der Waals surface area contributed by atoms with Gasteiger partial charge in [-0.05, 0) is 26.7 Å². The quantitative estimate of drug-likeness (QED) is 0.625. The Morgan fingerprint density at radius 1 is 1.11 bits per heavy atom. The lowest BCUT2D eigenvalue weighted by Gasteiger charge is -2.14. The SMILES string of the molecule is CC1=[N+](CCCCCO)c2ccccc2C1(C)C. The fourth-order valence-corrected chi connectivity index (χ4v) is 2.80. The van der Waals surface area contributed by atoms with Crippen LogP contribution in [0.1, 0.15) is 45.6 Å². The number of aliphatic hydroxyl groups is 1. The van der Waals surface area contributed by atoms with Gasteiger partial charge in [-0.15, -0.1) is 0 Å². The summed E-state index contributed by atoms with van der Waals surface area (Å²) in [6.45, 7) is 8.22. The van der Waals surface area contributed by atoms with Crippen LogP contribution in [0.5, 0.6) is 0 Å². The maximum absolute atomic E-state index is 8.83. The average Bonchev–Trinajstić information content (AvgIpc) is 2.56. The first-order chi connectivity index (χ1) is 8.59. The van der Waals surface area contributed by atoms with Gasteiger partial charge in [0.25, 0.3) is 0 Å². The second-order valence-electron chi connectivity index (χ2n) is 5.66. The lowest BCUT2D eigenvalue weighted by Crippen LogP contribution is -2.26. The van der Waals surface area contributed by atoms with Crippen LogP contribution in [0.3, 0.4) is 0 Å². The molecule has 1 aromatic rings. The van der Waals surface area contributed by atoms with E-state index in [1.165, 1.54) is 17.0 Å². The van der Waals surface area contributed by atoms with E-state index in [-0.39, 0.29) is 5.41 Å². The molecular formula is C16H24NO+. The fraction of sp³-hybridized carbons (Fsp3) is 0.562. The number of hydrogen-bond acceptors (Lipinski definition) is 1. The molecule has 0 saturated carbocycles. The van der Waals surface area contributed by atoms with Crippen LogP contribution in [-0.2, 0) is 5.41 Å². The molecule has 0 spiro atoms. The van der Waals surface area contributed by atoms with Gasteiger partial charge >= 0.3 is 0 Å². The zero-order valence-corrected chi connectivity index (χ0v) is 11.7. The molecule has 0 atom stereocenters. The molecule has 98 valence electrons. The molecule has 0 aromatic heterocycles. The molecule has 1 aliphatic rings. The van der Waals surface area contributed by atoms with Crippen molar-refractivity contribution in [1.82, 2.24) is 0 Å². The van der Waals surface area contributed by atoms with Gasteiger partial charge in [0.15, 0.2) is 5.71 Å². The van der Waals surface area contributed by atoms with Crippen molar-refractivity contribution in [1.29, 1.82) is 0 Å². The highest BCUT2D eigenvalue weighted by atomic mass is 16.2. The summed E-state index contributed by atoms with van der Waals surface area (Å²) in [7, 11) is 0. The third-order valence-corrected chi connectivity index (χ3v) is 4.22. The molecule has 2 heteroatoms. The van der Waals surface area contributed by atoms with Crippen LogP contribution in [0.15, 0.2) is 24.3 Å². The number of para-hydroxylation sites is 1. The predicted molar refractivity (Wildman–Crippen MR) is 75.9 cm³/mol. The molecule has 0 saturated heterocycles. The molecule has 1 aliphatic heterocycles. The highest BCUT2D eigenvalue weighted by molar-refractivity contribution is 5.93. The van der Waals surface area contributed by atoms with Gasteiger partial charge in [0.2, 0.25) is 5.69 Å². The summed E-state index contributed by atoms with van der Waals surface area (Å²) >= 11 is 0. The minimum Gasteiger partial charge on any atom is -0.396 e. The van der Waals surface area contributed by atoms with Crippen molar-refractivity contribution in [3.05, 3.63) is 29.8 Å². The zero-order valence-electron chi connectivity index (χ0n) is 11.7. The number of unbranched alkanes of at least 4 members (excludes halogenated alkanes) is 2. The summed E-state index contributed by atoms with van der Waals surface area (Å²) in [5.74, 6) is 0. The first kappa shape index (κ1) is 13.3. The van der Waals surface area contributed by atoms with Crippen molar-refractivity contribution in [2.24, 2.45) is 0 Å². The van der Waals surface area contributed by atoms with Crippen molar-refractivity contribution in [3.63, 3.8) is 0 Å². The van der Waals surface area contributed by atoms with Crippen LogP contribution in [0.2, 0.25) is 0 Å². The van der Waals surface area contributed by atoms with Crippen LogP contribution in [0.4, 0.5) is 5.69 Å². The molecule has 0 bridgehead atoms. The lowest BCUT2D eigenvalue weighted by atomic mass is 9.82. The molecule has 2 nitrogen and oxygen atoms in total. The topological polar surface area (TPSA) is 23.2 Å². The van der Waals surface area contributed by atoms with Crippen molar-refractivity contribution in [2.45, 2.75) is 45.4 Å². The van der Waals surface area contributed by atoms with Crippen molar-refractivity contribution >= 4 is 11.4 Å². The third kappa shape index (κ3) is 2.22. The van der Waals surface area contributed by atoms with E-state index in [4.69, 9.17) is 5.11 Å². The molecule has 0 amide bonds. The van der Waals surface area contributed by atoms with Gasteiger partial charge in [-0.3, -0.25) is 0 Å². The van der Waals surface area contributed by atoms with Crippen LogP contribution in [0, 0.1) is 0 Å². The molecule has 0 radical (unpaired) electrons. The number of rotatable bonds is 5. The molecule has 18 heavy (non-hydrogen) atoms. The fourth-order valence-electron chi connectivity index (χ4n) is 2.80. The Morgan fingerprint density at radius 2 is 1.83 bits per heavy atom. The number of hydrogen-bond donors (Lipinski definition) is 1. The third-order valence-electron chi connectivity index (χ3n) is 4.22. The van der Waals surface area contributed by atoms with E-state index in [9.17, 15) is 0 Å². The lowest BCUT2D eigenvalue weighted by molar-refractivity contribution is -0.439. The largest absolute Gasteiger partial charge is 0.396 e. The monoisotopic (exact) mass is 246 g/mol. The van der Waals surface area contributed by atoms with Gasteiger partial charge in [0, 0.05) is 31.6 Å². The molecule has 1 N–H and O–H groups in total. The van der Waals surface area contributed by atoms with Gasteiger partial charge < -0.3 is 5.11 Å². The second-order valence-corrected chi connectivity index (χ2v) is 5.66. The maximum atomic E-state index is 8.83. The Morgan fingerprint density at radius 3 is 2.56 bits per heavy atom. The van der Waals surface area contributed by atoms with E-state index in [0.717, 1.165) is 25.8 Å². The van der Waals surface area contributed by atoms with E-state index in [1.54, 1.807) is 0 Å². The van der Waals surface area contributed by atoms with Crippen molar-refractivity contribution in [3.8, 4) is 0 Å². The van der Waals surface area contributed by atoms with Crippen molar-refractivity contribution in [2.75, 3.05) is 13.2 Å². The van der Waals surface area contributed by atoms with E-state index in [1.807, 2.05) is 0 Å². The number of nitrogens with zero attached hydrogens (tertiary/aromatic N) is 1. The first-order valence-corrected chi connectivity index (χ1v) is 6.91. The molecule has 1 heterocycles. The number of benzene rings is 1. The van der Waals surface area contributed by atoms with Crippen LogP contribution >= 0.6 is 0 Å². The minimum absolute atomic E-state index is 0.146. The van der Waals surface area contributed by atoms with Gasteiger partial charge in [-0.25, -0.2) is 0 Å². The van der Waals surface area contributed by atoms with Crippen molar-refractivity contribution < 1.29 is 9.68 Å². The highest BCUT2D eigenvalue weighted by Gasteiger charge is 2.42. The maximum Gasteiger partial charge on any atom is 0.209 e. The smallest absolute Gasteiger partial charge is 0.209 e. The van der Waals surface area contributed by atoms with Gasteiger partial charge in [-0.1, -0.05) is 18.2 Å². The van der Waals surface area contributed by atoms with E-state index in [2.05, 4.69) is 49.6 Å². The summed E-state index contributed by atoms with van der Waals surface area (Å²) in [4.78, 5) is 0. The van der Waals surface area contributed by atoms with E-state index >= 15 is 0 Å². The summed E-state index contributed by atoms with van der Waals surface area (Å²) in [5, 5.41) is 8.83. The van der Waals surface area contributed by atoms with E-state index < -0.39 is 0 Å². The molecular weight excluding hydrogens is 222 g/mol. The Bertz CT molecular complexity index is 460. The molecule has 2 rings (SSSR count). The van der Waals surface area contributed by atoms with Crippen LogP contribution in [-0.4, -0.2) is 28.5 Å². The molecule has 0 aliphatic carbocycles. The Balaban J connectivity index is 2.21. The summed E-state index contributed by atoms with van der Waals surface area (Å²) in [6, 6.07) is 8.71. The molecule has 0 fully saturated rings. The molecule has 0 unspecified atom stereocenters. The van der Waals surface area contributed by atoms with Crippen LogP contribution < -0.4 is 0 Å². The average molecular weight is 246 g/mol. The standard InChI is InChI=1S/C16H24NO/c1-13-16(2,3)14-9-5-6-10-15(14)17(13)11-7-4-8-12-18/h5-6,9-10,18H,4,7-8,11-12H2,1-3H3/q+1. The normalized spacial score (nSPS) is 17.1. The molecule has 1 aromatic carbocycles. The Kier molecular flexibility index (Phi) is 3.86. The second kappa shape index (κ2) is 5.23. The number of aliphatic hydroxyl groups excluding tert-OH is 1. The Labute approximate surface area is 110 Å². The Hall–Kier alpha value is -1.15. The number of fused-ring (bicyclic) bond motifs is 1.